The molecule has 0 aliphatic rings. The van der Waals surface area contributed by atoms with Crippen LogP contribution in [0, 0.1) is 0 Å². The highest BCUT2D eigenvalue weighted by Crippen LogP contribution is 2.33. The predicted molar refractivity (Wildman–Crippen MR) is 119 cm³/mol. The summed E-state index contributed by atoms with van der Waals surface area (Å²) in [4.78, 5) is 24.3. The molecule has 0 atom stereocenters. The number of amides is 1. The van der Waals surface area contributed by atoms with Crippen molar-refractivity contribution in [2.24, 2.45) is 5.73 Å². The van der Waals surface area contributed by atoms with Crippen molar-refractivity contribution in [2.45, 2.75) is 0 Å². The number of methoxy groups -OCH3 is 3. The SMILES string of the molecule is COC(=O)c1cc(Nc2ccc(OC)cc2)c(Nc2ccc(OC)cc2)cc1C(N)=O. The van der Waals surface area contributed by atoms with E-state index < -0.39 is 11.9 Å². The van der Waals surface area contributed by atoms with Crippen molar-refractivity contribution in [2.75, 3.05) is 32.0 Å². The molecule has 1 amide bonds. The van der Waals surface area contributed by atoms with Gasteiger partial charge < -0.3 is 30.6 Å². The van der Waals surface area contributed by atoms with Crippen molar-refractivity contribution in [3.63, 3.8) is 0 Å². The Balaban J connectivity index is 2.06. The number of nitrogens with one attached hydrogen (secondary N) is 2. The zero-order valence-corrected chi connectivity index (χ0v) is 17.4. The van der Waals surface area contributed by atoms with Crippen molar-refractivity contribution in [3.05, 3.63) is 71.8 Å². The van der Waals surface area contributed by atoms with Gasteiger partial charge in [-0.15, -0.1) is 0 Å². The highest BCUT2D eigenvalue weighted by molar-refractivity contribution is 6.07. The van der Waals surface area contributed by atoms with Gasteiger partial charge in [-0.25, -0.2) is 4.79 Å². The number of carbonyl (C=O) groups is 2. The van der Waals surface area contributed by atoms with Gasteiger partial charge in [0, 0.05) is 11.4 Å². The maximum atomic E-state index is 12.3. The van der Waals surface area contributed by atoms with Gasteiger partial charge >= 0.3 is 5.97 Å². The largest absolute Gasteiger partial charge is 0.497 e. The lowest BCUT2D eigenvalue weighted by molar-refractivity contribution is 0.0597. The van der Waals surface area contributed by atoms with Crippen LogP contribution in [0.5, 0.6) is 11.5 Å². The lowest BCUT2D eigenvalue weighted by Crippen LogP contribution is -2.18. The summed E-state index contributed by atoms with van der Waals surface area (Å²) >= 11 is 0. The van der Waals surface area contributed by atoms with Gasteiger partial charge in [-0.2, -0.15) is 0 Å². The van der Waals surface area contributed by atoms with Gasteiger partial charge in [-0.3, -0.25) is 4.79 Å². The van der Waals surface area contributed by atoms with E-state index in [9.17, 15) is 9.59 Å². The average molecular weight is 421 g/mol. The van der Waals surface area contributed by atoms with Crippen LogP contribution in [-0.2, 0) is 4.74 Å². The molecule has 0 radical (unpaired) electrons. The summed E-state index contributed by atoms with van der Waals surface area (Å²) in [7, 11) is 4.42. The summed E-state index contributed by atoms with van der Waals surface area (Å²) < 4.78 is 15.2. The molecule has 3 aromatic rings. The zero-order valence-electron chi connectivity index (χ0n) is 17.4. The molecular weight excluding hydrogens is 398 g/mol. The van der Waals surface area contributed by atoms with Crippen molar-refractivity contribution in [1.29, 1.82) is 0 Å². The van der Waals surface area contributed by atoms with E-state index >= 15 is 0 Å². The van der Waals surface area contributed by atoms with Crippen LogP contribution in [0.15, 0.2) is 60.7 Å². The molecule has 31 heavy (non-hydrogen) atoms. The number of hydrogen-bond acceptors (Lipinski definition) is 7. The number of esters is 1. The van der Waals surface area contributed by atoms with Crippen LogP contribution >= 0.6 is 0 Å². The second kappa shape index (κ2) is 9.53. The highest BCUT2D eigenvalue weighted by Gasteiger charge is 2.20. The molecular formula is C23H23N3O5. The number of anilines is 4. The Morgan fingerprint density at radius 1 is 0.710 bits per heavy atom. The van der Waals surface area contributed by atoms with Crippen molar-refractivity contribution in [1.82, 2.24) is 0 Å². The van der Waals surface area contributed by atoms with Gasteiger partial charge in [0.1, 0.15) is 11.5 Å². The number of primary amides is 1. The maximum Gasteiger partial charge on any atom is 0.338 e. The average Bonchev–Trinajstić information content (AvgIpc) is 2.80. The van der Waals surface area contributed by atoms with Gasteiger partial charge in [-0.05, 0) is 60.7 Å². The van der Waals surface area contributed by atoms with Gasteiger partial charge in [0.15, 0.2) is 0 Å². The molecule has 0 saturated carbocycles. The molecule has 0 fully saturated rings. The first kappa shape index (κ1) is 21.5. The molecule has 0 aromatic heterocycles. The fourth-order valence-electron chi connectivity index (χ4n) is 2.95. The Hall–Kier alpha value is -4.20. The summed E-state index contributed by atoms with van der Waals surface area (Å²) in [5, 5.41) is 6.49. The van der Waals surface area contributed by atoms with Crippen LogP contribution in [0.4, 0.5) is 22.7 Å². The molecule has 160 valence electrons. The number of nitrogens with two attached hydrogens (primary N) is 1. The zero-order chi connectivity index (χ0) is 22.4. The molecule has 4 N–H and O–H groups in total. The minimum absolute atomic E-state index is 0.0446. The molecule has 3 aromatic carbocycles. The minimum Gasteiger partial charge on any atom is -0.497 e. The third kappa shape index (κ3) is 5.05. The quantitative estimate of drug-likeness (QED) is 0.470. The fourth-order valence-corrected chi connectivity index (χ4v) is 2.95. The van der Waals surface area contributed by atoms with E-state index in [0.717, 1.165) is 11.4 Å². The van der Waals surface area contributed by atoms with Gasteiger partial charge in [-0.1, -0.05) is 0 Å². The van der Waals surface area contributed by atoms with Gasteiger partial charge in [0.25, 0.3) is 0 Å². The standard InChI is InChI=1S/C23H23N3O5/c1-29-16-8-4-14(5-9-16)25-20-12-18(22(24)27)19(23(28)31-3)13-21(20)26-15-6-10-17(30-2)11-7-15/h4-13,25-26H,1-3H3,(H2,24,27). The Labute approximate surface area is 179 Å². The first-order valence-corrected chi connectivity index (χ1v) is 9.33. The molecule has 0 saturated heterocycles. The summed E-state index contributed by atoms with van der Waals surface area (Å²) in [6, 6.07) is 17.6. The van der Waals surface area contributed by atoms with Crippen LogP contribution in [0.25, 0.3) is 0 Å². The monoisotopic (exact) mass is 421 g/mol. The minimum atomic E-state index is -0.742. The molecule has 0 heterocycles. The Morgan fingerprint density at radius 2 is 1.13 bits per heavy atom. The van der Waals surface area contributed by atoms with E-state index in [2.05, 4.69) is 10.6 Å². The Morgan fingerprint density at radius 3 is 1.48 bits per heavy atom. The van der Waals surface area contributed by atoms with Crippen LogP contribution in [-0.4, -0.2) is 33.2 Å². The fraction of sp³-hybridized carbons (Fsp3) is 0.130. The molecule has 0 bridgehead atoms. The maximum absolute atomic E-state index is 12.3. The lowest BCUT2D eigenvalue weighted by Gasteiger charge is -2.17. The summed E-state index contributed by atoms with van der Waals surface area (Å²) in [6.45, 7) is 0. The highest BCUT2D eigenvalue weighted by atomic mass is 16.5. The van der Waals surface area contributed by atoms with Crippen LogP contribution in [0.2, 0.25) is 0 Å². The second-order valence-corrected chi connectivity index (χ2v) is 6.51. The van der Waals surface area contributed by atoms with Crippen molar-refractivity contribution in [3.8, 4) is 11.5 Å². The third-order valence-corrected chi connectivity index (χ3v) is 4.57. The normalized spacial score (nSPS) is 10.2. The first-order chi connectivity index (χ1) is 14.9. The third-order valence-electron chi connectivity index (χ3n) is 4.57. The van der Waals surface area contributed by atoms with E-state index in [1.165, 1.54) is 19.2 Å². The number of carbonyl (C=O) groups excluding carboxylic acids is 2. The van der Waals surface area contributed by atoms with E-state index in [1.54, 1.807) is 38.5 Å². The van der Waals surface area contributed by atoms with E-state index in [1.807, 2.05) is 24.3 Å². The summed E-state index contributed by atoms with van der Waals surface area (Å²) in [5.41, 5.74) is 8.21. The molecule has 0 aliphatic carbocycles. The van der Waals surface area contributed by atoms with Crippen LogP contribution in [0.3, 0.4) is 0 Å². The molecule has 3 rings (SSSR count). The predicted octanol–water partition coefficient (Wildman–Crippen LogP) is 4.08. The number of benzene rings is 3. The molecule has 8 nitrogen and oxygen atoms in total. The van der Waals surface area contributed by atoms with Crippen molar-refractivity contribution >= 4 is 34.6 Å². The summed E-state index contributed by atoms with van der Waals surface area (Å²) in [5.74, 6) is 0.0132. The Bertz CT molecular complexity index is 1080. The van der Waals surface area contributed by atoms with Gasteiger partial charge in [0.05, 0.1) is 43.8 Å². The number of rotatable bonds is 8. The van der Waals surface area contributed by atoms with Gasteiger partial charge in [0.2, 0.25) is 5.91 Å². The van der Waals surface area contributed by atoms with Crippen LogP contribution in [0.1, 0.15) is 20.7 Å². The number of ether oxygens (including phenoxy) is 3. The van der Waals surface area contributed by atoms with E-state index in [4.69, 9.17) is 19.9 Å². The van der Waals surface area contributed by atoms with Crippen molar-refractivity contribution < 1.29 is 23.8 Å². The smallest absolute Gasteiger partial charge is 0.338 e. The second-order valence-electron chi connectivity index (χ2n) is 6.51. The first-order valence-electron chi connectivity index (χ1n) is 9.33. The molecule has 0 unspecified atom stereocenters. The number of hydrogen-bond donors (Lipinski definition) is 3. The van der Waals surface area contributed by atoms with E-state index in [0.29, 0.717) is 22.9 Å². The van der Waals surface area contributed by atoms with E-state index in [-0.39, 0.29) is 11.1 Å². The molecule has 8 heteroatoms. The lowest BCUT2D eigenvalue weighted by atomic mass is 10.0. The van der Waals surface area contributed by atoms with Crippen LogP contribution < -0.4 is 25.8 Å². The summed E-state index contributed by atoms with van der Waals surface area (Å²) in [6.07, 6.45) is 0. The molecule has 0 aliphatic heterocycles. The molecule has 0 spiro atoms. The topological polar surface area (TPSA) is 112 Å². The Kier molecular flexibility index (Phi) is 6.61.